The molecule has 1 aliphatic rings. The summed E-state index contributed by atoms with van der Waals surface area (Å²) in [7, 11) is -0.807. The first-order chi connectivity index (χ1) is 16.9. The van der Waals surface area contributed by atoms with Gasteiger partial charge in [0, 0.05) is 36.7 Å². The normalized spacial score (nSPS) is 25.2. The third kappa shape index (κ3) is 14.7. The van der Waals surface area contributed by atoms with Crippen LogP contribution in [0, 0.1) is 0 Å². The van der Waals surface area contributed by atoms with Gasteiger partial charge in [-0.3, -0.25) is 0 Å². The fourth-order valence-electron chi connectivity index (χ4n) is 5.06. The van der Waals surface area contributed by atoms with E-state index in [0.717, 1.165) is 55.5 Å². The second kappa shape index (κ2) is 19.3. The maximum absolute atomic E-state index is 11.2. The van der Waals surface area contributed by atoms with Gasteiger partial charge in [-0.1, -0.05) is 38.1 Å². The number of nitrogens with zero attached hydrogens (tertiary/aromatic N) is 2. The van der Waals surface area contributed by atoms with Crippen molar-refractivity contribution in [3.63, 3.8) is 0 Å². The smallest absolute Gasteiger partial charge is 0.391 e. The van der Waals surface area contributed by atoms with E-state index >= 15 is 0 Å². The van der Waals surface area contributed by atoms with Crippen LogP contribution in [0.25, 0.3) is 0 Å². The van der Waals surface area contributed by atoms with Gasteiger partial charge >= 0.3 is 8.80 Å². The van der Waals surface area contributed by atoms with Gasteiger partial charge in [-0.05, 0) is 25.7 Å². The van der Waals surface area contributed by atoms with E-state index in [4.69, 9.17) is 14.1 Å². The third-order valence-corrected chi connectivity index (χ3v) is 10.3. The predicted molar refractivity (Wildman–Crippen MR) is 142 cm³/mol. The van der Waals surface area contributed by atoms with Gasteiger partial charge in [0.25, 0.3) is 0 Å². The van der Waals surface area contributed by atoms with Gasteiger partial charge in [0.15, 0.2) is 0 Å². The highest BCUT2D eigenvalue weighted by atomic mass is 32.2. The molecule has 0 aromatic rings. The summed E-state index contributed by atoms with van der Waals surface area (Å²) in [6.07, 6.45) is 10.7. The van der Waals surface area contributed by atoms with E-state index in [1.54, 1.807) is 0 Å². The quantitative estimate of drug-likeness (QED) is 0.0503. The van der Waals surface area contributed by atoms with Crippen LogP contribution in [0.2, 0.25) is 6.04 Å². The predicted octanol–water partition coefficient (Wildman–Crippen LogP) is 3.84. The molecule has 1 saturated heterocycles. The second-order valence-corrected chi connectivity index (χ2v) is 13.6. The van der Waals surface area contributed by atoms with Crippen LogP contribution < -0.4 is 0 Å². The van der Waals surface area contributed by atoms with Crippen LogP contribution in [0.4, 0.5) is 0 Å². The van der Waals surface area contributed by atoms with Crippen molar-refractivity contribution in [2.75, 3.05) is 78.4 Å². The zero-order valence-corrected chi connectivity index (χ0v) is 24.4. The first-order valence-electron chi connectivity index (χ1n) is 13.8. The van der Waals surface area contributed by atoms with Crippen molar-refractivity contribution < 1.29 is 42.3 Å². The van der Waals surface area contributed by atoms with Gasteiger partial charge in [-0.25, -0.2) is 5.26 Å². The lowest BCUT2D eigenvalue weighted by Crippen LogP contribution is -2.59. The summed E-state index contributed by atoms with van der Waals surface area (Å²) in [5.41, 5.74) is 0. The summed E-state index contributed by atoms with van der Waals surface area (Å²) >= 11 is 1.05. The third-order valence-electron chi connectivity index (χ3n) is 7.34. The average molecular weight is 543 g/mol. The van der Waals surface area contributed by atoms with Crippen LogP contribution in [0.1, 0.15) is 71.6 Å². The highest BCUT2D eigenvalue weighted by Crippen LogP contribution is 2.21. The Morgan fingerprint density at radius 1 is 0.886 bits per heavy atom. The Morgan fingerprint density at radius 3 is 2.09 bits per heavy atom. The van der Waals surface area contributed by atoms with E-state index in [2.05, 4.69) is 30.3 Å². The van der Waals surface area contributed by atoms with E-state index in [1.807, 2.05) is 0 Å². The molecule has 3 N–H and O–H groups in total. The minimum atomic E-state index is -3.19. The molecule has 9 nitrogen and oxygen atoms in total. The molecule has 0 aromatic carbocycles. The van der Waals surface area contributed by atoms with E-state index < -0.39 is 8.80 Å². The number of unbranched alkanes of at least 4 members (excludes halogenated alkanes) is 5. The van der Waals surface area contributed by atoms with Crippen molar-refractivity contribution in [3.05, 3.63) is 0 Å². The lowest BCUT2D eigenvalue weighted by Gasteiger charge is -2.41. The van der Waals surface area contributed by atoms with Crippen molar-refractivity contribution >= 4 is 20.8 Å². The van der Waals surface area contributed by atoms with Crippen LogP contribution in [-0.4, -0.2) is 111 Å². The highest BCUT2D eigenvalue weighted by Gasteiger charge is 2.41. The average Bonchev–Trinajstić information content (AvgIpc) is 2.81. The van der Waals surface area contributed by atoms with Crippen molar-refractivity contribution in [1.82, 2.24) is 0 Å². The Morgan fingerprint density at radius 2 is 1.49 bits per heavy atom. The first kappa shape index (κ1) is 33.2. The number of aliphatic hydroxyl groups is 1. The standard InChI is InChI=1S/C24H53N2O7SSi/c1-4-6-8-10-14-25(3,13-9-7-5-2)15-12-24-35(29)30-21-18-26(17-20-27,19-22-31-35)16-11-23-34-33-32-28/h27,29H,4-24H2,1-3H3/q+1/p+1. The molecule has 1 rings (SSSR count). The number of aliphatic hydroxyl groups excluding tert-OH is 1. The maximum Gasteiger partial charge on any atom is 0.498 e. The van der Waals surface area contributed by atoms with Crippen LogP contribution >= 0.6 is 12.0 Å². The van der Waals surface area contributed by atoms with Crippen LogP contribution in [0.15, 0.2) is 0 Å². The van der Waals surface area contributed by atoms with Gasteiger partial charge in [-0.2, -0.15) is 0 Å². The molecular formula is C24H54N2O7SSi+2. The van der Waals surface area contributed by atoms with Gasteiger partial charge in [0.2, 0.25) is 0 Å². The molecule has 0 bridgehead atoms. The molecule has 0 aliphatic carbocycles. The number of hydrogen-bond donors (Lipinski definition) is 3. The molecule has 11 heteroatoms. The summed E-state index contributed by atoms with van der Waals surface area (Å²) < 4.78 is 18.3. The Kier molecular flexibility index (Phi) is 18.3. The molecule has 0 saturated carbocycles. The molecule has 210 valence electrons. The SMILES string of the molecule is CCCCCC[N+](C)(CCCCC)CCC[Si]1(O)OCC[N+](CCO)(CCCSOOO)CCO1. The van der Waals surface area contributed by atoms with Crippen molar-refractivity contribution in [2.24, 2.45) is 0 Å². The van der Waals surface area contributed by atoms with Crippen molar-refractivity contribution in [3.8, 4) is 0 Å². The molecule has 1 atom stereocenters. The van der Waals surface area contributed by atoms with E-state index in [-0.39, 0.29) is 6.61 Å². The minimum absolute atomic E-state index is 0.0951. The van der Waals surface area contributed by atoms with Gasteiger partial charge in [-0.15, -0.1) is 4.33 Å². The Bertz CT molecular complexity index is 514. The van der Waals surface area contributed by atoms with E-state index in [1.165, 1.54) is 58.0 Å². The van der Waals surface area contributed by atoms with Crippen LogP contribution in [0.3, 0.4) is 0 Å². The number of hydrogen-bond acceptors (Lipinski definition) is 8. The fraction of sp³-hybridized carbons (Fsp3) is 1.00. The Balaban J connectivity index is 2.55. The van der Waals surface area contributed by atoms with Crippen molar-refractivity contribution in [2.45, 2.75) is 77.7 Å². The maximum atomic E-state index is 11.2. The lowest BCUT2D eigenvalue weighted by molar-refractivity contribution is -0.929. The van der Waals surface area contributed by atoms with E-state index in [0.29, 0.717) is 36.0 Å². The largest absolute Gasteiger partial charge is 0.498 e. The number of rotatable bonds is 21. The topological polar surface area (TPSA) is 97.6 Å². The summed E-state index contributed by atoms with van der Waals surface area (Å²) in [6, 6.07) is 0.610. The molecule has 1 unspecified atom stereocenters. The molecule has 1 aliphatic heterocycles. The molecule has 0 spiro atoms. The summed E-state index contributed by atoms with van der Waals surface area (Å²) in [5, 5.41) is 21.5. The molecule has 1 heterocycles. The molecule has 0 aromatic heterocycles. The number of quaternary nitrogens is 2. The Labute approximate surface area is 219 Å². The Hall–Kier alpha value is 0.207. The lowest BCUT2D eigenvalue weighted by atomic mass is 10.1. The summed E-state index contributed by atoms with van der Waals surface area (Å²) in [5.74, 6) is 0.667. The second-order valence-electron chi connectivity index (χ2n) is 10.3. The minimum Gasteiger partial charge on any atom is -0.391 e. The van der Waals surface area contributed by atoms with Gasteiger partial charge in [0.05, 0.1) is 53.0 Å². The van der Waals surface area contributed by atoms with Gasteiger partial charge < -0.3 is 27.7 Å². The fourth-order valence-corrected chi connectivity index (χ4v) is 7.22. The van der Waals surface area contributed by atoms with E-state index in [9.17, 15) is 9.90 Å². The van der Waals surface area contributed by atoms with Crippen molar-refractivity contribution in [1.29, 1.82) is 0 Å². The molecule has 35 heavy (non-hydrogen) atoms. The summed E-state index contributed by atoms with van der Waals surface area (Å²) in [6.45, 7) is 11.9. The molecule has 0 amide bonds. The monoisotopic (exact) mass is 542 g/mol. The van der Waals surface area contributed by atoms with Crippen LogP contribution in [-0.2, 0) is 18.2 Å². The first-order valence-corrected chi connectivity index (χ1v) is 16.6. The molecule has 0 radical (unpaired) electrons. The highest BCUT2D eigenvalue weighted by molar-refractivity contribution is 7.94. The summed E-state index contributed by atoms with van der Waals surface area (Å²) in [4.78, 5) is 11.2. The zero-order valence-electron chi connectivity index (χ0n) is 22.6. The van der Waals surface area contributed by atoms with Crippen LogP contribution in [0.5, 0.6) is 0 Å². The van der Waals surface area contributed by atoms with Gasteiger partial charge in [0.1, 0.15) is 19.6 Å². The zero-order chi connectivity index (χ0) is 25.9. The molecular weight excluding hydrogens is 488 g/mol. The molecule has 1 fully saturated rings.